The van der Waals surface area contributed by atoms with E-state index in [0.717, 1.165) is 18.2 Å². The van der Waals surface area contributed by atoms with Gasteiger partial charge in [0.05, 0.1) is 18.8 Å². The van der Waals surface area contributed by atoms with Gasteiger partial charge in [-0.25, -0.2) is 17.6 Å². The fourth-order valence-electron chi connectivity index (χ4n) is 5.73. The Labute approximate surface area is 217 Å². The molecule has 206 valence electrons. The van der Waals surface area contributed by atoms with Crippen molar-refractivity contribution in [2.24, 2.45) is 5.41 Å². The first-order valence-corrected chi connectivity index (χ1v) is 12.4. The van der Waals surface area contributed by atoms with Crippen molar-refractivity contribution in [3.05, 3.63) is 64.7 Å². The molecule has 0 aliphatic carbocycles. The van der Waals surface area contributed by atoms with E-state index in [4.69, 9.17) is 5.11 Å². The first-order valence-electron chi connectivity index (χ1n) is 12.4. The number of hydrogen-bond acceptors (Lipinski definition) is 5. The monoisotopic (exact) mass is 537 g/mol. The van der Waals surface area contributed by atoms with E-state index >= 15 is 4.39 Å². The van der Waals surface area contributed by atoms with E-state index in [0.29, 0.717) is 0 Å². The second kappa shape index (κ2) is 10.3. The maximum Gasteiger partial charge on any atom is 0.237 e. The minimum Gasteiger partial charge on any atom is -0.394 e. The molecule has 2 aromatic carbocycles. The molecular weight excluding hydrogens is 506 g/mol. The van der Waals surface area contributed by atoms with E-state index in [2.05, 4.69) is 16.0 Å². The second-order valence-corrected chi connectivity index (χ2v) is 11.1. The van der Waals surface area contributed by atoms with Gasteiger partial charge in [0.25, 0.3) is 0 Å². The van der Waals surface area contributed by atoms with Crippen molar-refractivity contribution in [2.75, 3.05) is 18.5 Å². The first-order chi connectivity index (χ1) is 17.8. The van der Waals surface area contributed by atoms with Crippen LogP contribution in [-0.2, 0) is 15.0 Å². The number of fused-ring (bicyclic) bond motifs is 2. The van der Waals surface area contributed by atoms with E-state index in [1.54, 1.807) is 0 Å². The molecule has 0 bridgehead atoms. The highest BCUT2D eigenvalue weighted by molar-refractivity contribution is 6.09. The second-order valence-electron chi connectivity index (χ2n) is 11.1. The van der Waals surface area contributed by atoms with Gasteiger partial charge in [0.2, 0.25) is 11.8 Å². The molecule has 1 saturated heterocycles. The number of hydrogen-bond donors (Lipinski definition) is 5. The molecule has 5 atom stereocenters. The van der Waals surface area contributed by atoms with Gasteiger partial charge in [0.1, 0.15) is 5.41 Å². The number of halogens is 4. The van der Waals surface area contributed by atoms with Crippen LogP contribution in [0.15, 0.2) is 30.3 Å². The zero-order chi connectivity index (χ0) is 28.0. The number of anilines is 1. The van der Waals surface area contributed by atoms with E-state index in [1.807, 2.05) is 20.8 Å². The van der Waals surface area contributed by atoms with Crippen molar-refractivity contribution in [2.45, 2.75) is 63.1 Å². The fraction of sp³-hybridized carbons (Fsp3) is 0.481. The molecule has 2 aromatic rings. The molecule has 5 N–H and O–H groups in total. The zero-order valence-corrected chi connectivity index (χ0v) is 21.2. The molecule has 7 nitrogen and oxygen atoms in total. The summed E-state index contributed by atoms with van der Waals surface area (Å²) in [6.45, 7) is 5.12. The van der Waals surface area contributed by atoms with Crippen LogP contribution in [0.4, 0.5) is 23.2 Å². The summed E-state index contributed by atoms with van der Waals surface area (Å²) in [5.74, 6) is -7.57. The summed E-state index contributed by atoms with van der Waals surface area (Å²) in [6, 6.07) is 3.01. The number of aliphatic hydroxyl groups is 2. The van der Waals surface area contributed by atoms with Crippen LogP contribution in [0.1, 0.15) is 50.7 Å². The van der Waals surface area contributed by atoms with Gasteiger partial charge >= 0.3 is 0 Å². The van der Waals surface area contributed by atoms with Gasteiger partial charge in [-0.05, 0) is 41.5 Å². The maximum atomic E-state index is 15.4. The number of carbonyl (C=O) groups is 2. The summed E-state index contributed by atoms with van der Waals surface area (Å²) in [4.78, 5) is 27.3. The first kappa shape index (κ1) is 28.0. The number of benzene rings is 2. The number of nitrogens with one attached hydrogen (secondary N) is 3. The summed E-state index contributed by atoms with van der Waals surface area (Å²) < 4.78 is 58.6. The summed E-state index contributed by atoms with van der Waals surface area (Å²) in [5, 5.41) is 27.0. The predicted octanol–water partition coefficient (Wildman–Crippen LogP) is 2.85. The van der Waals surface area contributed by atoms with Crippen molar-refractivity contribution in [3.63, 3.8) is 0 Å². The molecule has 1 fully saturated rings. The molecule has 0 unspecified atom stereocenters. The number of aliphatic hydroxyl groups excluding tert-OH is 2. The van der Waals surface area contributed by atoms with Gasteiger partial charge in [-0.15, -0.1) is 0 Å². The molecule has 4 rings (SSSR count). The third kappa shape index (κ3) is 4.78. The molecule has 0 saturated carbocycles. The standard InChI is InChI=1S/C27H31F4N3O4/c1-26(2,3)11-20-27(15-9-17(29)18(30)10-19(15)33-25(27)38)21(14-5-4-6-16(28)22(14)31)23(34-20)24(37)32-8-7-13(36)12-35/h4-6,9-10,13,20-21,23,34-36H,7-8,11-12H2,1-3H3,(H,32,37)(H,33,38)/t13-,20+,21-,23+,27-/m0/s1. The van der Waals surface area contributed by atoms with Gasteiger partial charge in [-0.3, -0.25) is 9.59 Å². The molecular formula is C27H31F4N3O4. The highest BCUT2D eigenvalue weighted by atomic mass is 19.2. The highest BCUT2D eigenvalue weighted by Crippen LogP contribution is 2.57. The van der Waals surface area contributed by atoms with Gasteiger partial charge in [0.15, 0.2) is 23.3 Å². The third-order valence-corrected chi connectivity index (χ3v) is 7.29. The van der Waals surface area contributed by atoms with Gasteiger partial charge in [-0.1, -0.05) is 32.9 Å². The van der Waals surface area contributed by atoms with Crippen molar-refractivity contribution < 1.29 is 37.4 Å². The average molecular weight is 538 g/mol. The average Bonchev–Trinajstić information content (AvgIpc) is 3.30. The van der Waals surface area contributed by atoms with Crippen molar-refractivity contribution >= 4 is 17.5 Å². The third-order valence-electron chi connectivity index (χ3n) is 7.29. The maximum absolute atomic E-state index is 15.4. The predicted molar refractivity (Wildman–Crippen MR) is 131 cm³/mol. The van der Waals surface area contributed by atoms with Crippen LogP contribution in [-0.4, -0.2) is 53.4 Å². The Morgan fingerprint density at radius 1 is 1.13 bits per heavy atom. The molecule has 2 aliphatic rings. The summed E-state index contributed by atoms with van der Waals surface area (Å²) >= 11 is 0. The lowest BCUT2D eigenvalue weighted by Crippen LogP contribution is -2.49. The lowest BCUT2D eigenvalue weighted by molar-refractivity contribution is -0.124. The Morgan fingerprint density at radius 3 is 2.47 bits per heavy atom. The summed E-state index contributed by atoms with van der Waals surface area (Å²) in [6.07, 6.45) is -0.786. The normalized spacial score (nSPS) is 25.4. The highest BCUT2D eigenvalue weighted by Gasteiger charge is 2.66. The van der Waals surface area contributed by atoms with Crippen LogP contribution in [0.2, 0.25) is 0 Å². The van der Waals surface area contributed by atoms with Crippen molar-refractivity contribution in [1.82, 2.24) is 10.6 Å². The van der Waals surface area contributed by atoms with E-state index < -0.39 is 76.6 Å². The lowest BCUT2D eigenvalue weighted by Gasteiger charge is -2.37. The van der Waals surface area contributed by atoms with E-state index in [-0.39, 0.29) is 36.2 Å². The van der Waals surface area contributed by atoms with Crippen LogP contribution in [0.5, 0.6) is 0 Å². The Bertz CT molecular complexity index is 1250. The Kier molecular flexibility index (Phi) is 7.57. The Hall–Kier alpha value is -3.02. The molecule has 2 aliphatic heterocycles. The summed E-state index contributed by atoms with van der Waals surface area (Å²) in [5.41, 5.74) is -2.46. The van der Waals surface area contributed by atoms with Gasteiger partial charge < -0.3 is 26.2 Å². The molecule has 1 spiro atoms. The minimum absolute atomic E-state index is 0.0106. The topological polar surface area (TPSA) is 111 Å². The fourth-order valence-corrected chi connectivity index (χ4v) is 5.73. The smallest absolute Gasteiger partial charge is 0.237 e. The van der Waals surface area contributed by atoms with Crippen molar-refractivity contribution in [3.8, 4) is 0 Å². The largest absolute Gasteiger partial charge is 0.394 e. The van der Waals surface area contributed by atoms with E-state index in [9.17, 15) is 27.9 Å². The van der Waals surface area contributed by atoms with Crippen LogP contribution in [0.3, 0.4) is 0 Å². The quantitative estimate of drug-likeness (QED) is 0.349. The summed E-state index contributed by atoms with van der Waals surface area (Å²) in [7, 11) is 0. The number of rotatable bonds is 7. The molecule has 2 amide bonds. The van der Waals surface area contributed by atoms with Gasteiger partial charge in [0, 0.05) is 30.3 Å². The molecule has 11 heteroatoms. The number of amides is 2. The van der Waals surface area contributed by atoms with E-state index in [1.165, 1.54) is 12.1 Å². The Balaban J connectivity index is 1.92. The zero-order valence-electron chi connectivity index (χ0n) is 21.2. The lowest BCUT2D eigenvalue weighted by atomic mass is 9.62. The molecule has 38 heavy (non-hydrogen) atoms. The minimum atomic E-state index is -1.79. The Morgan fingerprint density at radius 2 is 1.82 bits per heavy atom. The molecule has 0 aromatic heterocycles. The number of carbonyl (C=O) groups excluding carboxylic acids is 2. The van der Waals surface area contributed by atoms with Gasteiger partial charge in [-0.2, -0.15) is 0 Å². The molecule has 0 radical (unpaired) electrons. The molecule has 2 heterocycles. The SMILES string of the molecule is CC(C)(C)C[C@H]1N[C@@H](C(=O)NCC[C@H](O)CO)[C@H](c2cccc(F)c2F)[C@@]12C(=O)Nc1cc(F)c(F)cc12. The van der Waals surface area contributed by atoms with Crippen LogP contribution in [0, 0.1) is 28.7 Å². The van der Waals surface area contributed by atoms with Crippen LogP contribution < -0.4 is 16.0 Å². The van der Waals surface area contributed by atoms with Crippen molar-refractivity contribution in [1.29, 1.82) is 0 Å². The van der Waals surface area contributed by atoms with Crippen LogP contribution >= 0.6 is 0 Å². The van der Waals surface area contributed by atoms with Crippen LogP contribution in [0.25, 0.3) is 0 Å².